The van der Waals surface area contributed by atoms with Gasteiger partial charge in [0.1, 0.15) is 0 Å². The van der Waals surface area contributed by atoms with Crippen LogP contribution in [0.3, 0.4) is 0 Å². The van der Waals surface area contributed by atoms with Gasteiger partial charge >= 0.3 is 0 Å². The van der Waals surface area contributed by atoms with Crippen LogP contribution in [0, 0.1) is 10.1 Å². The summed E-state index contributed by atoms with van der Waals surface area (Å²) in [4.78, 5) is 15.0. The van der Waals surface area contributed by atoms with E-state index in [4.69, 9.17) is 9.47 Å². The molecule has 8 nitrogen and oxygen atoms in total. The Hall–Kier alpha value is -2.56. The zero-order chi connectivity index (χ0) is 21.2. The lowest BCUT2D eigenvalue weighted by Crippen LogP contribution is -2.38. The summed E-state index contributed by atoms with van der Waals surface area (Å²) in [5, 5.41) is 17.6. The second-order valence-electron chi connectivity index (χ2n) is 6.25. The molecule has 0 spiro atoms. The number of para-hydroxylation sites is 1. The first kappa shape index (κ1) is 25.5. The fourth-order valence-electron chi connectivity index (χ4n) is 2.84. The second kappa shape index (κ2) is 12.9. The van der Waals surface area contributed by atoms with Crippen molar-refractivity contribution in [1.82, 2.24) is 10.6 Å². The average molecular weight is 528 g/mol. The maximum absolute atomic E-state index is 11.2. The highest BCUT2D eigenvalue weighted by Gasteiger charge is 2.15. The Kier molecular flexibility index (Phi) is 10.9. The third-order valence-electron chi connectivity index (χ3n) is 4.28. The molecule has 2 rings (SSSR count). The van der Waals surface area contributed by atoms with Crippen LogP contribution in [0.25, 0.3) is 0 Å². The Balaban J connectivity index is 0.00000450. The number of nitro benzene ring substituents is 1. The van der Waals surface area contributed by atoms with E-state index in [2.05, 4.69) is 15.6 Å². The van der Waals surface area contributed by atoms with Crippen molar-refractivity contribution in [3.8, 4) is 11.5 Å². The first-order chi connectivity index (χ1) is 14.0. The predicted octanol–water partition coefficient (Wildman–Crippen LogP) is 4.44. The predicted molar refractivity (Wildman–Crippen MR) is 129 cm³/mol. The van der Waals surface area contributed by atoms with Gasteiger partial charge in [0, 0.05) is 25.2 Å². The highest BCUT2D eigenvalue weighted by atomic mass is 127. The van der Waals surface area contributed by atoms with E-state index in [1.165, 1.54) is 6.07 Å². The fourth-order valence-corrected chi connectivity index (χ4v) is 2.84. The van der Waals surface area contributed by atoms with Crippen molar-refractivity contribution in [2.24, 2.45) is 4.99 Å². The average Bonchev–Trinajstić information content (AvgIpc) is 2.72. The molecule has 0 aliphatic rings. The third kappa shape index (κ3) is 7.05. The highest BCUT2D eigenvalue weighted by molar-refractivity contribution is 14.0. The molecule has 0 saturated carbocycles. The Bertz CT molecular complexity index is 861. The van der Waals surface area contributed by atoms with Crippen molar-refractivity contribution in [3.63, 3.8) is 0 Å². The van der Waals surface area contributed by atoms with Crippen molar-refractivity contribution >= 4 is 35.6 Å². The molecule has 0 radical (unpaired) electrons. The largest absolute Gasteiger partial charge is 0.490 e. The Morgan fingerprint density at radius 1 is 1.13 bits per heavy atom. The van der Waals surface area contributed by atoms with Crippen LogP contribution < -0.4 is 20.1 Å². The van der Waals surface area contributed by atoms with Crippen LogP contribution in [0.4, 0.5) is 5.69 Å². The number of aliphatic imine (C=N–C) groups is 1. The molecule has 1 unspecified atom stereocenters. The van der Waals surface area contributed by atoms with Gasteiger partial charge < -0.3 is 20.1 Å². The van der Waals surface area contributed by atoms with E-state index in [9.17, 15) is 10.1 Å². The maximum atomic E-state index is 11.2. The summed E-state index contributed by atoms with van der Waals surface area (Å²) < 4.78 is 11.3. The summed E-state index contributed by atoms with van der Waals surface area (Å²) in [7, 11) is 1.66. The van der Waals surface area contributed by atoms with Crippen LogP contribution in [0.15, 0.2) is 47.5 Å². The van der Waals surface area contributed by atoms with E-state index in [0.717, 1.165) is 5.56 Å². The number of benzene rings is 2. The minimum absolute atomic E-state index is 0. The number of nitro groups is 1. The highest BCUT2D eigenvalue weighted by Crippen LogP contribution is 2.30. The topological polar surface area (TPSA) is 98.0 Å². The molecule has 2 aromatic rings. The molecule has 0 amide bonds. The summed E-state index contributed by atoms with van der Waals surface area (Å²) in [5.41, 5.74) is 1.68. The molecular weight excluding hydrogens is 499 g/mol. The van der Waals surface area contributed by atoms with Gasteiger partial charge in [-0.1, -0.05) is 24.3 Å². The number of hydrogen-bond acceptors (Lipinski definition) is 5. The molecule has 0 aliphatic heterocycles. The lowest BCUT2D eigenvalue weighted by atomic mass is 10.1. The smallest absolute Gasteiger partial charge is 0.274 e. The molecule has 30 heavy (non-hydrogen) atoms. The summed E-state index contributed by atoms with van der Waals surface area (Å²) >= 11 is 0. The molecule has 0 aromatic heterocycles. The fraction of sp³-hybridized carbons (Fsp3) is 0.381. The van der Waals surface area contributed by atoms with Gasteiger partial charge in [0.15, 0.2) is 17.5 Å². The lowest BCUT2D eigenvalue weighted by Gasteiger charge is -2.20. The van der Waals surface area contributed by atoms with E-state index in [1.807, 2.05) is 39.0 Å². The van der Waals surface area contributed by atoms with E-state index < -0.39 is 0 Å². The van der Waals surface area contributed by atoms with Crippen molar-refractivity contribution in [2.45, 2.75) is 33.4 Å². The molecule has 0 heterocycles. The summed E-state index contributed by atoms with van der Waals surface area (Å²) in [6.07, 6.45) is 0. The van der Waals surface area contributed by atoms with Gasteiger partial charge in [-0.3, -0.25) is 15.1 Å². The molecule has 2 N–H and O–H groups in total. The lowest BCUT2D eigenvalue weighted by molar-refractivity contribution is -0.385. The molecule has 164 valence electrons. The monoisotopic (exact) mass is 528 g/mol. The SMILES string of the molecule is CCOc1ccc(C(C)NC(=NC)NCc2ccccc2[N+](=O)[O-])cc1OCC.I. The summed E-state index contributed by atoms with van der Waals surface area (Å²) in [5.74, 6) is 1.95. The number of halogens is 1. The summed E-state index contributed by atoms with van der Waals surface area (Å²) in [6.45, 7) is 7.26. The van der Waals surface area contributed by atoms with Crippen LogP contribution >= 0.6 is 24.0 Å². The van der Waals surface area contributed by atoms with Gasteiger partial charge in [-0.2, -0.15) is 0 Å². The van der Waals surface area contributed by atoms with Crippen molar-refractivity contribution in [1.29, 1.82) is 0 Å². The minimum atomic E-state index is -0.384. The van der Waals surface area contributed by atoms with Crippen LogP contribution in [-0.2, 0) is 6.54 Å². The number of hydrogen-bond donors (Lipinski definition) is 2. The van der Waals surface area contributed by atoms with E-state index >= 15 is 0 Å². The zero-order valence-electron chi connectivity index (χ0n) is 17.7. The van der Waals surface area contributed by atoms with Gasteiger partial charge in [-0.05, 0) is 38.5 Å². The molecule has 1 atom stereocenters. The van der Waals surface area contributed by atoms with Crippen molar-refractivity contribution in [3.05, 3.63) is 63.7 Å². The van der Waals surface area contributed by atoms with Gasteiger partial charge in [0.05, 0.1) is 24.2 Å². The molecule has 0 aliphatic carbocycles. The van der Waals surface area contributed by atoms with Crippen molar-refractivity contribution < 1.29 is 14.4 Å². The van der Waals surface area contributed by atoms with Gasteiger partial charge in [0.2, 0.25) is 0 Å². The number of ether oxygens (including phenoxy) is 2. The quantitative estimate of drug-likeness (QED) is 0.164. The number of rotatable bonds is 9. The normalized spacial score (nSPS) is 11.8. The molecule has 0 bridgehead atoms. The van der Waals surface area contributed by atoms with E-state index in [1.54, 1.807) is 25.2 Å². The molecule has 0 saturated heterocycles. The Morgan fingerprint density at radius 2 is 1.80 bits per heavy atom. The van der Waals surface area contributed by atoms with Crippen LogP contribution in [0.5, 0.6) is 11.5 Å². The Labute approximate surface area is 194 Å². The van der Waals surface area contributed by atoms with E-state index in [0.29, 0.717) is 36.2 Å². The first-order valence-electron chi connectivity index (χ1n) is 9.59. The van der Waals surface area contributed by atoms with Gasteiger partial charge in [-0.25, -0.2) is 0 Å². The molecular formula is C21H29IN4O4. The number of guanidine groups is 1. The minimum Gasteiger partial charge on any atom is -0.490 e. The zero-order valence-corrected chi connectivity index (χ0v) is 20.0. The Morgan fingerprint density at radius 3 is 2.43 bits per heavy atom. The van der Waals surface area contributed by atoms with Crippen molar-refractivity contribution in [2.75, 3.05) is 20.3 Å². The van der Waals surface area contributed by atoms with Crippen LogP contribution in [0.2, 0.25) is 0 Å². The maximum Gasteiger partial charge on any atom is 0.274 e. The third-order valence-corrected chi connectivity index (χ3v) is 4.28. The number of nitrogens with zero attached hydrogens (tertiary/aromatic N) is 2. The molecule has 2 aromatic carbocycles. The van der Waals surface area contributed by atoms with Gasteiger partial charge in [0.25, 0.3) is 5.69 Å². The van der Waals surface area contributed by atoms with Gasteiger partial charge in [-0.15, -0.1) is 24.0 Å². The summed E-state index contributed by atoms with van der Waals surface area (Å²) in [6, 6.07) is 12.4. The van der Waals surface area contributed by atoms with Crippen LogP contribution in [0.1, 0.15) is 37.9 Å². The first-order valence-corrected chi connectivity index (χ1v) is 9.59. The molecule has 0 fully saturated rings. The van der Waals surface area contributed by atoms with E-state index in [-0.39, 0.29) is 47.2 Å². The molecule has 9 heteroatoms. The van der Waals surface area contributed by atoms with Crippen LogP contribution in [-0.4, -0.2) is 31.1 Å². The standard InChI is InChI=1S/C21H28N4O4.HI/c1-5-28-19-12-11-16(13-20(19)29-6-2)15(3)24-21(22-4)23-14-17-9-7-8-10-18(17)25(26)27;/h7-13,15H,5-6,14H2,1-4H3,(H2,22,23,24);1H. The number of nitrogens with one attached hydrogen (secondary N) is 2. The second-order valence-corrected chi connectivity index (χ2v) is 6.25.